The molecular formula is C14H19N3O5. The highest BCUT2D eigenvalue weighted by atomic mass is 16.7. The van der Waals surface area contributed by atoms with Crippen molar-refractivity contribution in [3.05, 3.63) is 46.3 Å². The largest absolute Gasteiger partial charge is 0.394 e. The summed E-state index contributed by atoms with van der Waals surface area (Å²) in [5.41, 5.74) is 9.53. The van der Waals surface area contributed by atoms with Gasteiger partial charge in [0.05, 0.1) is 19.3 Å². The van der Waals surface area contributed by atoms with Gasteiger partial charge in [-0.05, 0) is 11.1 Å². The zero-order valence-corrected chi connectivity index (χ0v) is 12.1. The van der Waals surface area contributed by atoms with Crippen LogP contribution in [0, 0.1) is 0 Å². The summed E-state index contributed by atoms with van der Waals surface area (Å²) >= 11 is 0. The minimum atomic E-state index is -1.14. The maximum atomic E-state index is 10.4. The van der Waals surface area contributed by atoms with E-state index in [1.807, 2.05) is 30.3 Å². The van der Waals surface area contributed by atoms with Crippen molar-refractivity contribution in [2.45, 2.75) is 37.3 Å². The van der Waals surface area contributed by atoms with Crippen LogP contribution in [0.4, 0.5) is 0 Å². The van der Waals surface area contributed by atoms with Crippen LogP contribution in [0.15, 0.2) is 35.4 Å². The fraction of sp³-hybridized carbons (Fsp3) is 0.571. The Morgan fingerprint density at radius 2 is 2.09 bits per heavy atom. The van der Waals surface area contributed by atoms with Gasteiger partial charge < -0.3 is 24.4 Å². The molecule has 8 heteroatoms. The lowest BCUT2D eigenvalue weighted by molar-refractivity contribution is -0.268. The highest BCUT2D eigenvalue weighted by molar-refractivity contribution is 5.13. The number of methoxy groups -OCH3 is 1. The molecule has 0 unspecified atom stereocenters. The molecule has 0 aromatic heterocycles. The molecule has 5 atom stereocenters. The van der Waals surface area contributed by atoms with Gasteiger partial charge in [-0.2, -0.15) is 0 Å². The third-order valence-electron chi connectivity index (χ3n) is 3.52. The minimum Gasteiger partial charge on any atom is -0.394 e. The number of rotatable bonds is 6. The average molecular weight is 309 g/mol. The third-order valence-corrected chi connectivity index (χ3v) is 3.52. The smallest absolute Gasteiger partial charge is 0.168 e. The van der Waals surface area contributed by atoms with Crippen molar-refractivity contribution in [1.29, 1.82) is 0 Å². The van der Waals surface area contributed by atoms with E-state index in [1.165, 1.54) is 7.11 Å². The van der Waals surface area contributed by atoms with Crippen molar-refractivity contribution < 1.29 is 24.4 Å². The van der Waals surface area contributed by atoms with Gasteiger partial charge in [-0.15, -0.1) is 0 Å². The van der Waals surface area contributed by atoms with E-state index in [4.69, 9.17) is 19.7 Å². The number of nitrogens with zero attached hydrogens (tertiary/aromatic N) is 3. The van der Waals surface area contributed by atoms with Crippen molar-refractivity contribution in [2.75, 3.05) is 13.7 Å². The summed E-state index contributed by atoms with van der Waals surface area (Å²) in [7, 11) is 1.37. The van der Waals surface area contributed by atoms with Gasteiger partial charge in [0.2, 0.25) is 0 Å². The molecule has 1 aliphatic heterocycles. The van der Waals surface area contributed by atoms with Crippen molar-refractivity contribution in [1.82, 2.24) is 0 Å². The normalized spacial score (nSPS) is 31.5. The van der Waals surface area contributed by atoms with Crippen molar-refractivity contribution >= 4 is 0 Å². The molecule has 22 heavy (non-hydrogen) atoms. The van der Waals surface area contributed by atoms with Crippen LogP contribution in [0.2, 0.25) is 0 Å². The lowest BCUT2D eigenvalue weighted by atomic mass is 9.97. The van der Waals surface area contributed by atoms with Crippen LogP contribution in [0.1, 0.15) is 5.56 Å². The SMILES string of the molecule is CO[C@@H]1O[C@H](CO)[C@H](OCc2ccccc2)[C@H](O)[C@H]1N=[N+]=[N-]. The van der Waals surface area contributed by atoms with E-state index in [0.29, 0.717) is 0 Å². The molecule has 0 radical (unpaired) electrons. The van der Waals surface area contributed by atoms with Gasteiger partial charge in [0.1, 0.15) is 18.2 Å². The van der Waals surface area contributed by atoms with E-state index < -0.39 is 30.6 Å². The predicted molar refractivity (Wildman–Crippen MR) is 76.7 cm³/mol. The van der Waals surface area contributed by atoms with Gasteiger partial charge in [-0.3, -0.25) is 0 Å². The van der Waals surface area contributed by atoms with Crippen molar-refractivity contribution in [3.8, 4) is 0 Å². The molecule has 2 rings (SSSR count). The fourth-order valence-corrected chi connectivity index (χ4v) is 2.40. The van der Waals surface area contributed by atoms with Crippen LogP contribution in [0.25, 0.3) is 10.4 Å². The van der Waals surface area contributed by atoms with Crippen LogP contribution in [-0.2, 0) is 20.8 Å². The lowest BCUT2D eigenvalue weighted by Gasteiger charge is -2.41. The zero-order valence-electron chi connectivity index (χ0n) is 12.1. The molecular weight excluding hydrogens is 290 g/mol. The molecule has 0 saturated carbocycles. The maximum absolute atomic E-state index is 10.4. The highest BCUT2D eigenvalue weighted by Crippen LogP contribution is 2.27. The molecule has 0 spiro atoms. The second-order valence-electron chi connectivity index (χ2n) is 4.91. The molecule has 120 valence electrons. The first kappa shape index (κ1) is 16.7. The predicted octanol–water partition coefficient (Wildman–Crippen LogP) is 0.975. The number of aliphatic hydroxyl groups is 2. The summed E-state index contributed by atoms with van der Waals surface area (Å²) in [5, 5.41) is 23.3. The summed E-state index contributed by atoms with van der Waals surface area (Å²) in [6.45, 7) is -0.109. The van der Waals surface area contributed by atoms with E-state index >= 15 is 0 Å². The van der Waals surface area contributed by atoms with Crippen LogP contribution in [-0.4, -0.2) is 54.6 Å². The van der Waals surface area contributed by atoms with E-state index in [-0.39, 0.29) is 13.2 Å². The standard InChI is InChI=1S/C14H19N3O5/c1-20-14-11(16-17-15)12(19)13(10(7-18)22-14)21-8-9-5-3-2-4-6-9/h2-6,10-14,18-19H,7-8H2,1H3/t10-,11-,12-,13+,14-/m1/s1. The molecule has 1 heterocycles. The summed E-state index contributed by atoms with van der Waals surface area (Å²) < 4.78 is 16.2. The van der Waals surface area contributed by atoms with Crippen molar-refractivity contribution in [3.63, 3.8) is 0 Å². The van der Waals surface area contributed by atoms with E-state index in [1.54, 1.807) is 0 Å². The second kappa shape index (κ2) is 8.09. The summed E-state index contributed by atoms with van der Waals surface area (Å²) in [4.78, 5) is 2.70. The quantitative estimate of drug-likeness (QED) is 0.461. The Hall–Kier alpha value is -1.67. The summed E-state index contributed by atoms with van der Waals surface area (Å²) in [6.07, 6.45) is -3.67. The molecule has 1 aromatic rings. The third kappa shape index (κ3) is 3.75. The topological polar surface area (TPSA) is 117 Å². The Labute approximate surface area is 127 Å². The number of benzene rings is 1. The van der Waals surface area contributed by atoms with E-state index in [9.17, 15) is 10.2 Å². The molecule has 1 fully saturated rings. The Kier molecular flexibility index (Phi) is 6.14. The molecule has 0 bridgehead atoms. The first-order chi connectivity index (χ1) is 10.7. The number of hydrogen-bond donors (Lipinski definition) is 2. The highest BCUT2D eigenvalue weighted by Gasteiger charge is 2.45. The maximum Gasteiger partial charge on any atom is 0.168 e. The summed E-state index contributed by atoms with van der Waals surface area (Å²) in [5.74, 6) is 0. The molecule has 1 aromatic carbocycles. The average Bonchev–Trinajstić information content (AvgIpc) is 2.56. The zero-order chi connectivity index (χ0) is 15.9. The number of hydrogen-bond acceptors (Lipinski definition) is 6. The van der Waals surface area contributed by atoms with Crippen LogP contribution < -0.4 is 0 Å². The lowest BCUT2D eigenvalue weighted by Crippen LogP contribution is -2.59. The molecule has 2 N–H and O–H groups in total. The number of ether oxygens (including phenoxy) is 3. The molecule has 8 nitrogen and oxygen atoms in total. The Bertz CT molecular complexity index is 508. The van der Waals surface area contributed by atoms with Gasteiger partial charge >= 0.3 is 0 Å². The minimum absolute atomic E-state index is 0.239. The second-order valence-corrected chi connectivity index (χ2v) is 4.91. The molecule has 0 aliphatic carbocycles. The monoisotopic (exact) mass is 309 g/mol. The fourth-order valence-electron chi connectivity index (χ4n) is 2.40. The van der Waals surface area contributed by atoms with Crippen LogP contribution in [0.5, 0.6) is 0 Å². The summed E-state index contributed by atoms with van der Waals surface area (Å²) in [6, 6.07) is 8.46. The van der Waals surface area contributed by atoms with E-state index in [2.05, 4.69) is 10.0 Å². The van der Waals surface area contributed by atoms with Gasteiger partial charge in [-0.25, -0.2) is 0 Å². The molecule has 1 saturated heterocycles. The van der Waals surface area contributed by atoms with Crippen LogP contribution in [0.3, 0.4) is 0 Å². The first-order valence-corrected chi connectivity index (χ1v) is 6.88. The number of aliphatic hydroxyl groups excluding tert-OH is 2. The van der Waals surface area contributed by atoms with Gasteiger partial charge in [-0.1, -0.05) is 35.4 Å². The van der Waals surface area contributed by atoms with Gasteiger partial charge in [0, 0.05) is 12.0 Å². The molecule has 1 aliphatic rings. The van der Waals surface area contributed by atoms with Gasteiger partial charge in [0.15, 0.2) is 6.29 Å². The van der Waals surface area contributed by atoms with Crippen LogP contribution >= 0.6 is 0 Å². The first-order valence-electron chi connectivity index (χ1n) is 6.88. The Morgan fingerprint density at radius 1 is 1.36 bits per heavy atom. The Balaban J connectivity index is 2.10. The van der Waals surface area contributed by atoms with E-state index in [0.717, 1.165) is 5.56 Å². The molecule has 0 amide bonds. The van der Waals surface area contributed by atoms with Gasteiger partial charge in [0.25, 0.3) is 0 Å². The van der Waals surface area contributed by atoms with Crippen molar-refractivity contribution in [2.24, 2.45) is 5.11 Å². The number of azide groups is 1. The Morgan fingerprint density at radius 3 is 2.68 bits per heavy atom.